The van der Waals surface area contributed by atoms with E-state index in [-0.39, 0.29) is 12.3 Å². The summed E-state index contributed by atoms with van der Waals surface area (Å²) in [4.78, 5) is 0. The number of sulfonamides is 1. The largest absolute Gasteiger partial charge is 0.346 e. The van der Waals surface area contributed by atoms with Gasteiger partial charge in [-0.05, 0) is 13.8 Å². The van der Waals surface area contributed by atoms with Crippen LogP contribution < -0.4 is 4.72 Å². The highest BCUT2D eigenvalue weighted by atomic mass is 32.2. The molecule has 0 amide bonds. The van der Waals surface area contributed by atoms with Crippen LogP contribution in [0, 0.1) is 0 Å². The van der Waals surface area contributed by atoms with Crippen LogP contribution in [-0.4, -0.2) is 39.7 Å². The van der Waals surface area contributed by atoms with Crippen LogP contribution in [0.2, 0.25) is 0 Å². The summed E-state index contributed by atoms with van der Waals surface area (Å²) >= 11 is 0. The molecule has 0 aliphatic carbocycles. The first kappa shape index (κ1) is 10.9. The standard InChI is InChI=1S/C7H15NO4S/c1-3-13(9,10)8-6-7(2)11-4-5-12-7/h8H,3-6H2,1-2H3. The summed E-state index contributed by atoms with van der Waals surface area (Å²) < 4.78 is 35.0. The molecule has 1 saturated heterocycles. The lowest BCUT2D eigenvalue weighted by molar-refractivity contribution is -0.135. The van der Waals surface area contributed by atoms with Crippen molar-refractivity contribution in [3.05, 3.63) is 0 Å². The van der Waals surface area contributed by atoms with Crippen LogP contribution >= 0.6 is 0 Å². The molecule has 1 heterocycles. The Bertz CT molecular complexity index is 256. The van der Waals surface area contributed by atoms with Crippen LogP contribution in [0.4, 0.5) is 0 Å². The van der Waals surface area contributed by atoms with Gasteiger partial charge in [0.05, 0.1) is 25.5 Å². The van der Waals surface area contributed by atoms with Gasteiger partial charge < -0.3 is 9.47 Å². The average Bonchev–Trinajstić information content (AvgIpc) is 2.50. The van der Waals surface area contributed by atoms with Gasteiger partial charge in [0.2, 0.25) is 10.0 Å². The first-order chi connectivity index (χ1) is 5.97. The molecular weight excluding hydrogens is 194 g/mol. The van der Waals surface area contributed by atoms with Gasteiger partial charge in [0.1, 0.15) is 0 Å². The van der Waals surface area contributed by atoms with E-state index in [1.165, 1.54) is 0 Å². The van der Waals surface area contributed by atoms with Crippen LogP contribution in [0.1, 0.15) is 13.8 Å². The Morgan fingerprint density at radius 2 is 1.92 bits per heavy atom. The minimum Gasteiger partial charge on any atom is -0.346 e. The lowest BCUT2D eigenvalue weighted by Gasteiger charge is -2.22. The summed E-state index contributed by atoms with van der Waals surface area (Å²) in [6, 6.07) is 0. The Morgan fingerprint density at radius 1 is 1.38 bits per heavy atom. The normalized spacial score (nSPS) is 22.0. The predicted octanol–water partition coefficient (Wildman–Crippen LogP) is -0.311. The summed E-state index contributed by atoms with van der Waals surface area (Å²) in [6.45, 7) is 4.51. The molecule has 78 valence electrons. The van der Waals surface area contributed by atoms with Crippen LogP contribution in [-0.2, 0) is 19.5 Å². The van der Waals surface area contributed by atoms with Crippen molar-refractivity contribution in [2.24, 2.45) is 0 Å². The van der Waals surface area contributed by atoms with Crippen LogP contribution in [0.3, 0.4) is 0 Å². The zero-order valence-electron chi connectivity index (χ0n) is 7.87. The summed E-state index contributed by atoms with van der Waals surface area (Å²) in [5, 5.41) is 0. The van der Waals surface area contributed by atoms with Crippen molar-refractivity contribution in [3.63, 3.8) is 0 Å². The van der Waals surface area contributed by atoms with Crippen LogP contribution in [0.5, 0.6) is 0 Å². The van der Waals surface area contributed by atoms with E-state index in [0.717, 1.165) is 0 Å². The number of ether oxygens (including phenoxy) is 2. The average molecular weight is 209 g/mol. The first-order valence-corrected chi connectivity index (χ1v) is 5.88. The van der Waals surface area contributed by atoms with Crippen molar-refractivity contribution in [3.8, 4) is 0 Å². The van der Waals surface area contributed by atoms with Gasteiger partial charge in [0, 0.05) is 0 Å². The smallest absolute Gasteiger partial charge is 0.211 e. The fraction of sp³-hybridized carbons (Fsp3) is 1.00. The fourth-order valence-electron chi connectivity index (χ4n) is 1.00. The molecule has 1 aliphatic heterocycles. The van der Waals surface area contributed by atoms with E-state index in [4.69, 9.17) is 9.47 Å². The molecule has 0 atom stereocenters. The zero-order valence-corrected chi connectivity index (χ0v) is 8.69. The van der Waals surface area contributed by atoms with Crippen molar-refractivity contribution in [1.82, 2.24) is 4.72 Å². The lowest BCUT2D eigenvalue weighted by atomic mass is 10.3. The van der Waals surface area contributed by atoms with Crippen molar-refractivity contribution >= 4 is 10.0 Å². The Hall–Kier alpha value is -0.170. The third-order valence-corrected chi connectivity index (χ3v) is 3.24. The van der Waals surface area contributed by atoms with Crippen molar-refractivity contribution < 1.29 is 17.9 Å². The van der Waals surface area contributed by atoms with Gasteiger partial charge in [-0.15, -0.1) is 0 Å². The van der Waals surface area contributed by atoms with Crippen molar-refractivity contribution in [1.29, 1.82) is 0 Å². The molecule has 6 heteroatoms. The Kier molecular flexibility index (Phi) is 3.28. The molecule has 0 bridgehead atoms. The maximum Gasteiger partial charge on any atom is 0.211 e. The molecule has 1 N–H and O–H groups in total. The van der Waals surface area contributed by atoms with E-state index >= 15 is 0 Å². The maximum atomic E-state index is 11.1. The summed E-state index contributed by atoms with van der Waals surface area (Å²) in [5.74, 6) is -0.717. The highest BCUT2D eigenvalue weighted by Crippen LogP contribution is 2.17. The van der Waals surface area contributed by atoms with Gasteiger partial charge in [-0.25, -0.2) is 13.1 Å². The SMILES string of the molecule is CCS(=O)(=O)NCC1(C)OCCO1. The maximum absolute atomic E-state index is 11.1. The lowest BCUT2D eigenvalue weighted by Crippen LogP contribution is -2.41. The van der Waals surface area contributed by atoms with Gasteiger partial charge in [-0.1, -0.05) is 0 Å². The van der Waals surface area contributed by atoms with Gasteiger partial charge in [-0.3, -0.25) is 0 Å². The van der Waals surface area contributed by atoms with E-state index in [2.05, 4.69) is 4.72 Å². The van der Waals surface area contributed by atoms with E-state index in [9.17, 15) is 8.42 Å². The molecule has 1 fully saturated rings. The minimum absolute atomic E-state index is 0.0725. The number of hydrogen-bond acceptors (Lipinski definition) is 4. The molecule has 0 aromatic rings. The molecule has 1 rings (SSSR count). The number of rotatable bonds is 4. The van der Waals surface area contributed by atoms with Gasteiger partial charge >= 0.3 is 0 Å². The Labute approximate surface area is 78.5 Å². The number of hydrogen-bond donors (Lipinski definition) is 1. The van der Waals surface area contributed by atoms with Crippen molar-refractivity contribution in [2.45, 2.75) is 19.6 Å². The first-order valence-electron chi connectivity index (χ1n) is 4.23. The Morgan fingerprint density at radius 3 is 2.38 bits per heavy atom. The molecule has 0 spiro atoms. The highest BCUT2D eigenvalue weighted by Gasteiger charge is 2.31. The van der Waals surface area contributed by atoms with Gasteiger partial charge in [0.15, 0.2) is 5.79 Å². The number of nitrogens with one attached hydrogen (secondary N) is 1. The topological polar surface area (TPSA) is 64.6 Å². The quantitative estimate of drug-likeness (QED) is 0.689. The van der Waals surface area contributed by atoms with Gasteiger partial charge in [-0.2, -0.15) is 0 Å². The molecule has 0 aromatic heterocycles. The molecule has 0 radical (unpaired) electrons. The highest BCUT2D eigenvalue weighted by molar-refractivity contribution is 7.89. The second-order valence-corrected chi connectivity index (χ2v) is 5.15. The summed E-state index contributed by atoms with van der Waals surface area (Å²) in [5.41, 5.74) is 0. The molecule has 0 saturated carbocycles. The second-order valence-electron chi connectivity index (χ2n) is 3.06. The van der Waals surface area contributed by atoms with E-state index in [0.29, 0.717) is 13.2 Å². The van der Waals surface area contributed by atoms with E-state index in [1.54, 1.807) is 13.8 Å². The molecule has 5 nitrogen and oxygen atoms in total. The molecule has 13 heavy (non-hydrogen) atoms. The molecular formula is C7H15NO4S. The minimum atomic E-state index is -3.16. The van der Waals surface area contributed by atoms with Crippen molar-refractivity contribution in [2.75, 3.05) is 25.5 Å². The third kappa shape index (κ3) is 3.22. The zero-order chi connectivity index (χ0) is 9.95. The Balaban J connectivity index is 2.42. The molecule has 1 aliphatic rings. The summed E-state index contributed by atoms with van der Waals surface area (Å²) in [7, 11) is -3.16. The fourth-order valence-corrected chi connectivity index (χ4v) is 1.69. The molecule has 0 unspecified atom stereocenters. The van der Waals surface area contributed by atoms with E-state index < -0.39 is 15.8 Å². The molecule has 0 aromatic carbocycles. The van der Waals surface area contributed by atoms with Gasteiger partial charge in [0.25, 0.3) is 0 Å². The van der Waals surface area contributed by atoms with Crippen LogP contribution in [0.15, 0.2) is 0 Å². The summed E-state index contributed by atoms with van der Waals surface area (Å²) in [6.07, 6.45) is 0. The predicted molar refractivity (Wildman–Crippen MR) is 47.8 cm³/mol. The van der Waals surface area contributed by atoms with E-state index in [1.807, 2.05) is 0 Å². The third-order valence-electron chi connectivity index (χ3n) is 1.89. The second kappa shape index (κ2) is 3.91. The van der Waals surface area contributed by atoms with Crippen LogP contribution in [0.25, 0.3) is 0 Å². The monoisotopic (exact) mass is 209 g/mol.